The number of hydrogen-bond acceptors (Lipinski definition) is 1. The topological polar surface area (TPSA) is 17.1 Å². The Balaban J connectivity index is 3.45. The van der Waals surface area contributed by atoms with E-state index in [-0.39, 0.29) is 4.47 Å². The molecule has 1 aromatic rings. The second-order valence-corrected chi connectivity index (χ2v) is 3.96. The van der Waals surface area contributed by atoms with Crippen molar-refractivity contribution in [2.75, 3.05) is 5.88 Å². The molecular formula is C9H4BrClF4O. The molecule has 16 heavy (non-hydrogen) atoms. The number of benzene rings is 1. The first-order valence-corrected chi connectivity index (χ1v) is 5.26. The summed E-state index contributed by atoms with van der Waals surface area (Å²) in [6.07, 6.45) is -4.84. The maximum Gasteiger partial charge on any atom is 0.419 e. The lowest BCUT2D eigenvalue weighted by Gasteiger charge is -2.11. The summed E-state index contributed by atoms with van der Waals surface area (Å²) in [7, 11) is 0. The van der Waals surface area contributed by atoms with E-state index in [2.05, 4.69) is 15.9 Å². The van der Waals surface area contributed by atoms with Gasteiger partial charge in [-0.25, -0.2) is 4.39 Å². The molecule has 0 aliphatic heterocycles. The van der Waals surface area contributed by atoms with Gasteiger partial charge in [-0.3, -0.25) is 4.79 Å². The molecule has 88 valence electrons. The van der Waals surface area contributed by atoms with Crippen LogP contribution in [0.2, 0.25) is 0 Å². The minimum atomic E-state index is -4.84. The molecule has 0 saturated carbocycles. The van der Waals surface area contributed by atoms with E-state index in [0.29, 0.717) is 6.07 Å². The minimum absolute atomic E-state index is 0.0522. The van der Waals surface area contributed by atoms with Crippen LogP contribution in [0.25, 0.3) is 0 Å². The third-order valence-electron chi connectivity index (χ3n) is 1.80. The van der Waals surface area contributed by atoms with E-state index >= 15 is 0 Å². The van der Waals surface area contributed by atoms with Crippen LogP contribution in [0.15, 0.2) is 16.6 Å². The van der Waals surface area contributed by atoms with Crippen molar-refractivity contribution in [2.24, 2.45) is 0 Å². The summed E-state index contributed by atoms with van der Waals surface area (Å²) in [4.78, 5) is 11.2. The van der Waals surface area contributed by atoms with Gasteiger partial charge < -0.3 is 0 Å². The van der Waals surface area contributed by atoms with E-state index in [0.717, 1.165) is 6.07 Å². The second kappa shape index (κ2) is 4.71. The van der Waals surface area contributed by atoms with E-state index in [1.54, 1.807) is 0 Å². The van der Waals surface area contributed by atoms with Crippen molar-refractivity contribution in [3.63, 3.8) is 0 Å². The van der Waals surface area contributed by atoms with Crippen LogP contribution < -0.4 is 0 Å². The highest BCUT2D eigenvalue weighted by Gasteiger charge is 2.36. The first-order valence-electron chi connectivity index (χ1n) is 3.93. The normalized spacial score (nSPS) is 11.6. The molecule has 0 atom stereocenters. The molecule has 0 bridgehead atoms. The van der Waals surface area contributed by atoms with Gasteiger partial charge in [0.25, 0.3) is 0 Å². The van der Waals surface area contributed by atoms with Gasteiger partial charge in [0.1, 0.15) is 5.82 Å². The minimum Gasteiger partial charge on any atom is -0.293 e. The summed E-state index contributed by atoms with van der Waals surface area (Å²) < 4.78 is 50.4. The number of alkyl halides is 4. The number of ketones is 1. The molecule has 0 aromatic heterocycles. The van der Waals surface area contributed by atoms with E-state index in [1.165, 1.54) is 0 Å². The van der Waals surface area contributed by atoms with E-state index < -0.39 is 34.8 Å². The maximum atomic E-state index is 13.4. The van der Waals surface area contributed by atoms with Crippen LogP contribution >= 0.6 is 27.5 Å². The third kappa shape index (κ3) is 2.55. The largest absolute Gasteiger partial charge is 0.419 e. The molecule has 0 aliphatic rings. The number of carbonyl (C=O) groups is 1. The Bertz CT molecular complexity index is 430. The van der Waals surface area contributed by atoms with Crippen molar-refractivity contribution >= 4 is 33.3 Å². The molecule has 0 N–H and O–H groups in total. The van der Waals surface area contributed by atoms with Gasteiger partial charge in [0, 0.05) is 4.47 Å². The zero-order chi connectivity index (χ0) is 12.5. The molecule has 0 amide bonds. The first-order chi connectivity index (χ1) is 7.29. The second-order valence-electron chi connectivity index (χ2n) is 2.84. The third-order valence-corrected chi connectivity index (χ3v) is 2.70. The SMILES string of the molecule is O=C(CCl)c1c(Br)ccc(C(F)(F)F)c1F. The fourth-order valence-corrected chi connectivity index (χ4v) is 1.75. The lowest BCUT2D eigenvalue weighted by molar-refractivity contribution is -0.140. The highest BCUT2D eigenvalue weighted by molar-refractivity contribution is 9.10. The van der Waals surface area contributed by atoms with E-state index in [9.17, 15) is 22.4 Å². The van der Waals surface area contributed by atoms with Crippen LogP contribution in [0.1, 0.15) is 15.9 Å². The van der Waals surface area contributed by atoms with Gasteiger partial charge >= 0.3 is 6.18 Å². The Kier molecular flexibility index (Phi) is 3.96. The Morgan fingerprint density at radius 2 is 1.94 bits per heavy atom. The van der Waals surface area contributed by atoms with Gasteiger partial charge in [0.05, 0.1) is 17.0 Å². The number of carbonyl (C=O) groups excluding carboxylic acids is 1. The summed E-state index contributed by atoms with van der Waals surface area (Å²) in [5.41, 5.74) is -2.16. The van der Waals surface area contributed by atoms with E-state index in [4.69, 9.17) is 11.6 Å². The zero-order valence-electron chi connectivity index (χ0n) is 7.54. The summed E-state index contributed by atoms with van der Waals surface area (Å²) in [5, 5.41) is 0. The average molecular weight is 319 g/mol. The number of Topliss-reactive ketones (excluding diaryl/α,β-unsaturated/α-hetero) is 1. The molecule has 0 unspecified atom stereocenters. The number of hydrogen-bond donors (Lipinski definition) is 0. The lowest BCUT2D eigenvalue weighted by Crippen LogP contribution is -2.13. The summed E-state index contributed by atoms with van der Waals surface area (Å²) in [5.74, 6) is -3.10. The monoisotopic (exact) mass is 318 g/mol. The van der Waals surface area contributed by atoms with Crippen LogP contribution in [0, 0.1) is 5.82 Å². The number of halogens is 6. The highest BCUT2D eigenvalue weighted by atomic mass is 79.9. The predicted molar refractivity (Wildman–Crippen MR) is 54.2 cm³/mol. The van der Waals surface area contributed by atoms with Gasteiger partial charge in [-0.1, -0.05) is 0 Å². The van der Waals surface area contributed by atoms with Gasteiger partial charge in [0.2, 0.25) is 0 Å². The van der Waals surface area contributed by atoms with Crippen molar-refractivity contribution in [3.05, 3.63) is 33.5 Å². The molecule has 0 fully saturated rings. The molecule has 1 aromatic carbocycles. The van der Waals surface area contributed by atoms with Gasteiger partial charge in [-0.15, -0.1) is 11.6 Å². The van der Waals surface area contributed by atoms with Crippen molar-refractivity contribution in [1.82, 2.24) is 0 Å². The summed E-state index contributed by atoms with van der Waals surface area (Å²) in [6, 6.07) is 1.52. The van der Waals surface area contributed by atoms with Crippen molar-refractivity contribution in [2.45, 2.75) is 6.18 Å². The summed E-state index contributed by atoms with van der Waals surface area (Å²) in [6.45, 7) is 0. The molecule has 0 heterocycles. The fourth-order valence-electron chi connectivity index (χ4n) is 1.09. The molecule has 0 saturated heterocycles. The molecule has 7 heteroatoms. The van der Waals surface area contributed by atoms with Gasteiger partial charge in [0.15, 0.2) is 5.78 Å². The van der Waals surface area contributed by atoms with Crippen LogP contribution in [0.4, 0.5) is 17.6 Å². The molecule has 0 aliphatic carbocycles. The van der Waals surface area contributed by atoms with Crippen LogP contribution in [-0.2, 0) is 6.18 Å². The highest BCUT2D eigenvalue weighted by Crippen LogP contribution is 2.35. The molecule has 0 spiro atoms. The molecular weight excluding hydrogens is 315 g/mol. The van der Waals surface area contributed by atoms with Crippen molar-refractivity contribution in [3.8, 4) is 0 Å². The van der Waals surface area contributed by atoms with Gasteiger partial charge in [-0.2, -0.15) is 13.2 Å². The van der Waals surface area contributed by atoms with Crippen molar-refractivity contribution < 1.29 is 22.4 Å². The Labute approximate surface area is 102 Å². The van der Waals surface area contributed by atoms with Crippen LogP contribution in [0.5, 0.6) is 0 Å². The van der Waals surface area contributed by atoms with Crippen molar-refractivity contribution in [1.29, 1.82) is 0 Å². The molecule has 0 radical (unpaired) electrons. The fraction of sp³-hybridized carbons (Fsp3) is 0.222. The predicted octanol–water partition coefficient (Wildman–Crippen LogP) is 4.03. The zero-order valence-corrected chi connectivity index (χ0v) is 9.88. The summed E-state index contributed by atoms with van der Waals surface area (Å²) >= 11 is 7.98. The van der Waals surface area contributed by atoms with Gasteiger partial charge in [-0.05, 0) is 28.1 Å². The Hall–Kier alpha value is -0.620. The Morgan fingerprint density at radius 1 is 1.38 bits per heavy atom. The Morgan fingerprint density at radius 3 is 2.38 bits per heavy atom. The standard InChI is InChI=1S/C9H4BrClF4O/c10-5-2-1-4(9(13,14)15)8(12)7(5)6(16)3-11/h1-2H,3H2. The molecule has 1 nitrogen and oxygen atoms in total. The lowest BCUT2D eigenvalue weighted by atomic mass is 10.1. The average Bonchev–Trinajstić information content (AvgIpc) is 2.15. The maximum absolute atomic E-state index is 13.4. The first kappa shape index (κ1) is 13.4. The van der Waals surface area contributed by atoms with Crippen LogP contribution in [0.3, 0.4) is 0 Å². The smallest absolute Gasteiger partial charge is 0.293 e. The quantitative estimate of drug-likeness (QED) is 0.457. The number of rotatable bonds is 2. The van der Waals surface area contributed by atoms with Crippen LogP contribution in [-0.4, -0.2) is 11.7 Å². The van der Waals surface area contributed by atoms with E-state index in [1.807, 2.05) is 0 Å². The molecule has 1 rings (SSSR count).